The number of pyridine rings is 2. The van der Waals surface area contributed by atoms with Crippen LogP contribution in [0.4, 0.5) is 0 Å². The summed E-state index contributed by atoms with van der Waals surface area (Å²) >= 11 is 1.47. The molecule has 1 N–H and O–H groups in total. The van der Waals surface area contributed by atoms with Gasteiger partial charge in [0, 0.05) is 27.1 Å². The summed E-state index contributed by atoms with van der Waals surface area (Å²) in [6.45, 7) is 6.39. The van der Waals surface area contributed by atoms with Crippen LogP contribution in [-0.4, -0.2) is 9.73 Å². The van der Waals surface area contributed by atoms with Gasteiger partial charge in [-0.05, 0) is 63.2 Å². The van der Waals surface area contributed by atoms with Crippen LogP contribution in [-0.2, 0) is 0 Å². The zero-order chi connectivity index (χ0) is 18.1. The van der Waals surface area contributed by atoms with Crippen LogP contribution in [0.15, 0.2) is 66.9 Å². The fourth-order valence-electron chi connectivity index (χ4n) is 2.79. The second-order valence-electron chi connectivity index (χ2n) is 7.27. The van der Waals surface area contributed by atoms with E-state index in [4.69, 9.17) is 9.17 Å². The SMILES string of the molecule is CC(C)(C)SOc1ccc(-c2ccc3ccc4ccc[nH+]c4c3n2)cc1. The molecule has 0 aliphatic rings. The van der Waals surface area contributed by atoms with Crippen LogP contribution < -0.4 is 9.17 Å². The van der Waals surface area contributed by atoms with Gasteiger partial charge in [0.2, 0.25) is 5.52 Å². The molecule has 2 aromatic heterocycles. The van der Waals surface area contributed by atoms with Crippen LogP contribution in [0.3, 0.4) is 0 Å². The number of nitrogens with one attached hydrogen (secondary N) is 1. The molecule has 0 amide bonds. The maximum absolute atomic E-state index is 5.78. The average Bonchev–Trinajstić information content (AvgIpc) is 2.66. The Morgan fingerprint density at radius 2 is 1.62 bits per heavy atom. The molecular weight excluding hydrogens is 340 g/mol. The van der Waals surface area contributed by atoms with Gasteiger partial charge in [0.25, 0.3) is 0 Å². The zero-order valence-electron chi connectivity index (χ0n) is 15.1. The summed E-state index contributed by atoms with van der Waals surface area (Å²) in [4.78, 5) is 8.24. The van der Waals surface area contributed by atoms with Crippen molar-refractivity contribution >= 4 is 33.8 Å². The van der Waals surface area contributed by atoms with E-state index in [2.05, 4.69) is 68.2 Å². The molecule has 0 aliphatic carbocycles. The normalized spacial score (nSPS) is 11.8. The van der Waals surface area contributed by atoms with Crippen LogP contribution in [0.1, 0.15) is 20.8 Å². The number of H-pyrrole nitrogens is 1. The van der Waals surface area contributed by atoms with Crippen LogP contribution in [0.25, 0.3) is 33.1 Å². The Morgan fingerprint density at radius 3 is 2.38 bits per heavy atom. The van der Waals surface area contributed by atoms with E-state index in [9.17, 15) is 0 Å². The first kappa shape index (κ1) is 16.9. The van der Waals surface area contributed by atoms with E-state index in [1.165, 1.54) is 12.0 Å². The summed E-state index contributed by atoms with van der Waals surface area (Å²) in [7, 11) is 0. The molecular formula is C22H21N2OS+. The number of aromatic nitrogens is 2. The highest BCUT2D eigenvalue weighted by molar-refractivity contribution is 7.96. The third kappa shape index (κ3) is 3.51. The molecule has 0 bridgehead atoms. The van der Waals surface area contributed by atoms with Gasteiger partial charge in [-0.25, -0.2) is 9.97 Å². The zero-order valence-corrected chi connectivity index (χ0v) is 15.9. The Kier molecular flexibility index (Phi) is 4.29. The van der Waals surface area contributed by atoms with Gasteiger partial charge in [-0.15, -0.1) is 0 Å². The molecule has 0 saturated heterocycles. The molecule has 0 fully saturated rings. The van der Waals surface area contributed by atoms with Crippen molar-refractivity contribution in [3.8, 4) is 17.0 Å². The molecule has 26 heavy (non-hydrogen) atoms. The van der Waals surface area contributed by atoms with Gasteiger partial charge in [0.1, 0.15) is 11.3 Å². The quantitative estimate of drug-likeness (QED) is 0.347. The highest BCUT2D eigenvalue weighted by Gasteiger charge is 2.13. The lowest BCUT2D eigenvalue weighted by Crippen LogP contribution is -2.09. The summed E-state index contributed by atoms with van der Waals surface area (Å²) in [5.41, 5.74) is 4.09. The van der Waals surface area contributed by atoms with Crippen molar-refractivity contribution in [1.82, 2.24) is 4.98 Å². The van der Waals surface area contributed by atoms with Crippen LogP contribution in [0.2, 0.25) is 0 Å². The Morgan fingerprint density at radius 1 is 0.885 bits per heavy atom. The molecule has 4 heteroatoms. The lowest BCUT2D eigenvalue weighted by atomic mass is 10.1. The Bertz CT molecular complexity index is 1070. The number of aromatic amines is 1. The molecule has 0 unspecified atom stereocenters. The first-order valence-corrected chi connectivity index (χ1v) is 9.40. The van der Waals surface area contributed by atoms with Crippen molar-refractivity contribution in [3.63, 3.8) is 0 Å². The Hall–Kier alpha value is -2.59. The van der Waals surface area contributed by atoms with Gasteiger partial charge in [0.05, 0.1) is 17.7 Å². The third-order valence-electron chi connectivity index (χ3n) is 4.03. The maximum Gasteiger partial charge on any atom is 0.237 e. The highest BCUT2D eigenvalue weighted by atomic mass is 32.2. The predicted octanol–water partition coefficient (Wildman–Crippen LogP) is 5.69. The molecule has 4 rings (SSSR count). The summed E-state index contributed by atoms with van der Waals surface area (Å²) in [6, 6.07) is 20.6. The number of hydrogen-bond donors (Lipinski definition) is 0. The lowest BCUT2D eigenvalue weighted by Gasteiger charge is -2.16. The molecule has 4 aromatic rings. The average molecular weight is 361 g/mol. The number of benzene rings is 2. The molecule has 0 saturated carbocycles. The fraction of sp³-hybridized carbons (Fsp3) is 0.182. The van der Waals surface area contributed by atoms with Crippen LogP contribution in [0, 0.1) is 0 Å². The van der Waals surface area contributed by atoms with Crippen molar-refractivity contribution in [2.24, 2.45) is 0 Å². The van der Waals surface area contributed by atoms with E-state index in [-0.39, 0.29) is 4.75 Å². The third-order valence-corrected chi connectivity index (χ3v) is 4.81. The van der Waals surface area contributed by atoms with Gasteiger partial charge >= 0.3 is 0 Å². The molecule has 2 heterocycles. The minimum Gasteiger partial charge on any atom is -0.425 e. The minimum absolute atomic E-state index is 0.0656. The van der Waals surface area contributed by atoms with Crippen LogP contribution >= 0.6 is 12.0 Å². The Labute approximate surface area is 157 Å². The van der Waals surface area contributed by atoms with Gasteiger partial charge in [0.15, 0.2) is 6.20 Å². The summed E-state index contributed by atoms with van der Waals surface area (Å²) in [6.07, 6.45) is 1.94. The highest BCUT2D eigenvalue weighted by Crippen LogP contribution is 2.30. The number of nitrogens with zero attached hydrogens (tertiary/aromatic N) is 1. The molecule has 130 valence electrons. The topological polar surface area (TPSA) is 36.3 Å². The maximum atomic E-state index is 5.78. The number of fused-ring (bicyclic) bond motifs is 3. The van der Waals surface area contributed by atoms with Gasteiger partial charge < -0.3 is 4.18 Å². The Balaban J connectivity index is 1.69. The molecule has 2 aromatic carbocycles. The number of rotatable bonds is 3. The van der Waals surface area contributed by atoms with Gasteiger partial charge in [-0.3, -0.25) is 0 Å². The largest absolute Gasteiger partial charge is 0.425 e. The molecule has 0 atom stereocenters. The van der Waals surface area contributed by atoms with Crippen molar-refractivity contribution in [1.29, 1.82) is 0 Å². The first-order valence-electron chi connectivity index (χ1n) is 8.66. The standard InChI is InChI=1S/C22H20N2OS/c1-22(2,3)26-25-18-11-8-15(9-12-18)19-13-10-17-7-6-16-5-4-14-23-20(16)21(17)24-19/h4-14H,1-3H3/p+1. The first-order chi connectivity index (χ1) is 12.5. The van der Waals surface area contributed by atoms with E-state index >= 15 is 0 Å². The van der Waals surface area contributed by atoms with E-state index < -0.39 is 0 Å². The second-order valence-corrected chi connectivity index (χ2v) is 8.83. The van der Waals surface area contributed by atoms with E-state index in [1.54, 1.807) is 0 Å². The smallest absolute Gasteiger partial charge is 0.237 e. The molecule has 0 spiro atoms. The van der Waals surface area contributed by atoms with E-state index in [0.717, 1.165) is 38.8 Å². The predicted molar refractivity (Wildman–Crippen MR) is 109 cm³/mol. The van der Waals surface area contributed by atoms with Crippen molar-refractivity contribution in [2.75, 3.05) is 0 Å². The fourth-order valence-corrected chi connectivity index (χ4v) is 3.25. The minimum atomic E-state index is 0.0656. The lowest BCUT2D eigenvalue weighted by molar-refractivity contribution is -0.343. The second kappa shape index (κ2) is 6.61. The van der Waals surface area contributed by atoms with Gasteiger partial charge in [-0.2, -0.15) is 0 Å². The van der Waals surface area contributed by atoms with Crippen molar-refractivity contribution in [3.05, 3.63) is 66.9 Å². The molecule has 0 aliphatic heterocycles. The van der Waals surface area contributed by atoms with E-state index in [1.807, 2.05) is 24.4 Å². The summed E-state index contributed by atoms with van der Waals surface area (Å²) in [5.74, 6) is 0.855. The summed E-state index contributed by atoms with van der Waals surface area (Å²) in [5, 5.41) is 2.29. The van der Waals surface area contributed by atoms with E-state index in [0.29, 0.717) is 0 Å². The van der Waals surface area contributed by atoms with Crippen molar-refractivity contribution in [2.45, 2.75) is 25.5 Å². The van der Waals surface area contributed by atoms with Crippen LogP contribution in [0.5, 0.6) is 5.75 Å². The summed E-state index contributed by atoms with van der Waals surface area (Å²) < 4.78 is 5.85. The molecule has 0 radical (unpaired) electrons. The number of hydrogen-bond acceptors (Lipinski definition) is 3. The molecule has 3 nitrogen and oxygen atoms in total. The van der Waals surface area contributed by atoms with Crippen molar-refractivity contribution < 1.29 is 9.17 Å². The monoisotopic (exact) mass is 361 g/mol. The van der Waals surface area contributed by atoms with Gasteiger partial charge in [-0.1, -0.05) is 12.1 Å².